The van der Waals surface area contributed by atoms with Gasteiger partial charge in [-0.15, -0.1) is 0 Å². The highest BCUT2D eigenvalue weighted by Gasteiger charge is 2.15. The van der Waals surface area contributed by atoms with Crippen molar-refractivity contribution in [2.24, 2.45) is 0 Å². The fourth-order valence-electron chi connectivity index (χ4n) is 1.66. The van der Waals surface area contributed by atoms with Gasteiger partial charge in [-0.3, -0.25) is 0 Å². The minimum atomic E-state index is -3.73. The predicted octanol–water partition coefficient (Wildman–Crippen LogP) is 0.562. The van der Waals surface area contributed by atoms with Crippen LogP contribution in [0.15, 0.2) is 35.5 Å². The van der Waals surface area contributed by atoms with Gasteiger partial charge < -0.3 is 10.1 Å². The second-order valence-corrected chi connectivity index (χ2v) is 5.86. The second kappa shape index (κ2) is 6.12. The van der Waals surface area contributed by atoms with Crippen molar-refractivity contribution in [3.63, 3.8) is 0 Å². The summed E-state index contributed by atoms with van der Waals surface area (Å²) < 4.78 is 39.6. The molecular weight excluding hydrogens is 285 g/mol. The van der Waals surface area contributed by atoms with E-state index in [1.807, 2.05) is 0 Å². The lowest BCUT2D eigenvalue weighted by Crippen LogP contribution is -2.26. The van der Waals surface area contributed by atoms with Crippen LogP contribution in [-0.2, 0) is 23.1 Å². The van der Waals surface area contributed by atoms with Crippen LogP contribution in [0.3, 0.4) is 0 Å². The summed E-state index contributed by atoms with van der Waals surface area (Å²) >= 11 is 0. The fraction of sp³-hybridized carbons (Fsp3) is 0.250. The molecule has 0 saturated heterocycles. The second-order valence-electron chi connectivity index (χ2n) is 4.09. The van der Waals surface area contributed by atoms with Crippen molar-refractivity contribution in [3.05, 3.63) is 47.8 Å². The molecule has 0 aliphatic heterocycles. The van der Waals surface area contributed by atoms with E-state index in [0.29, 0.717) is 12.2 Å². The number of rotatable bonds is 6. The molecule has 2 rings (SSSR count). The van der Waals surface area contributed by atoms with E-state index in [1.54, 1.807) is 12.4 Å². The number of halogens is 1. The number of aromatic nitrogens is 2. The molecular formula is C12H14FN3O3S. The molecule has 0 amide bonds. The first-order chi connectivity index (χ1) is 9.53. The number of nitrogens with zero attached hydrogens (tertiary/aromatic N) is 1. The number of aliphatic hydroxyl groups is 1. The Kier molecular flexibility index (Phi) is 4.48. The van der Waals surface area contributed by atoms with Crippen LogP contribution in [0.25, 0.3) is 0 Å². The highest BCUT2D eigenvalue weighted by molar-refractivity contribution is 7.89. The average molecular weight is 299 g/mol. The topological polar surface area (TPSA) is 95.1 Å². The van der Waals surface area contributed by atoms with Gasteiger partial charge in [0, 0.05) is 30.9 Å². The van der Waals surface area contributed by atoms with Gasteiger partial charge in [-0.1, -0.05) is 0 Å². The summed E-state index contributed by atoms with van der Waals surface area (Å²) in [5.41, 5.74) is -0.0566. The molecule has 1 aromatic carbocycles. The lowest BCUT2D eigenvalue weighted by molar-refractivity contribution is 0.275. The van der Waals surface area contributed by atoms with E-state index in [4.69, 9.17) is 5.11 Å². The van der Waals surface area contributed by atoms with Crippen molar-refractivity contribution < 1.29 is 17.9 Å². The van der Waals surface area contributed by atoms with Gasteiger partial charge in [-0.2, -0.15) is 0 Å². The van der Waals surface area contributed by atoms with Crippen LogP contribution in [0.2, 0.25) is 0 Å². The highest BCUT2D eigenvalue weighted by atomic mass is 32.2. The van der Waals surface area contributed by atoms with Gasteiger partial charge in [0.15, 0.2) is 0 Å². The Morgan fingerprint density at radius 2 is 2.20 bits per heavy atom. The van der Waals surface area contributed by atoms with Gasteiger partial charge in [-0.25, -0.2) is 22.5 Å². The van der Waals surface area contributed by atoms with Crippen molar-refractivity contribution in [2.75, 3.05) is 6.54 Å². The maximum atomic E-state index is 13.2. The largest absolute Gasteiger partial charge is 0.392 e. The third-order valence-corrected chi connectivity index (χ3v) is 4.17. The molecule has 0 radical (unpaired) electrons. The van der Waals surface area contributed by atoms with E-state index >= 15 is 0 Å². The van der Waals surface area contributed by atoms with Gasteiger partial charge in [-0.05, 0) is 18.2 Å². The Morgan fingerprint density at radius 1 is 1.40 bits per heavy atom. The SMILES string of the molecule is O=S(=O)(NCCc1ncc[nH]1)c1ccc(F)c(CO)c1. The van der Waals surface area contributed by atoms with E-state index in [2.05, 4.69) is 14.7 Å². The number of hydrogen-bond acceptors (Lipinski definition) is 4. The molecule has 1 heterocycles. The van der Waals surface area contributed by atoms with Crippen LogP contribution in [0, 0.1) is 5.82 Å². The molecule has 108 valence electrons. The first-order valence-electron chi connectivity index (χ1n) is 5.90. The number of benzene rings is 1. The van der Waals surface area contributed by atoms with E-state index in [1.165, 1.54) is 0 Å². The number of sulfonamides is 1. The van der Waals surface area contributed by atoms with Crippen molar-refractivity contribution in [1.29, 1.82) is 0 Å². The zero-order valence-corrected chi connectivity index (χ0v) is 11.3. The van der Waals surface area contributed by atoms with E-state index in [-0.39, 0.29) is 17.0 Å². The highest BCUT2D eigenvalue weighted by Crippen LogP contribution is 2.15. The summed E-state index contributed by atoms with van der Waals surface area (Å²) in [5.74, 6) is 0.0323. The number of hydrogen-bond donors (Lipinski definition) is 3. The van der Waals surface area contributed by atoms with E-state index < -0.39 is 22.4 Å². The quantitative estimate of drug-likeness (QED) is 0.726. The van der Waals surface area contributed by atoms with Crippen LogP contribution in [0.4, 0.5) is 4.39 Å². The minimum absolute atomic E-state index is 0.0566. The predicted molar refractivity (Wildman–Crippen MR) is 69.8 cm³/mol. The Bertz CT molecular complexity index is 671. The first-order valence-corrected chi connectivity index (χ1v) is 7.38. The molecule has 0 aliphatic carbocycles. The molecule has 8 heteroatoms. The first kappa shape index (κ1) is 14.6. The molecule has 0 aliphatic rings. The zero-order valence-electron chi connectivity index (χ0n) is 10.5. The van der Waals surface area contributed by atoms with Gasteiger partial charge >= 0.3 is 0 Å². The number of H-pyrrole nitrogens is 1. The summed E-state index contributed by atoms with van der Waals surface area (Å²) in [6.07, 6.45) is 3.65. The van der Waals surface area contributed by atoms with Crippen LogP contribution in [0.5, 0.6) is 0 Å². The van der Waals surface area contributed by atoms with Gasteiger partial charge in [0.25, 0.3) is 0 Å². The molecule has 0 spiro atoms. The molecule has 0 fully saturated rings. The Balaban J connectivity index is 2.06. The standard InChI is InChI=1S/C12H14FN3O3S/c13-11-2-1-10(7-9(11)8-17)20(18,19)16-4-3-12-14-5-6-15-12/h1-2,5-7,16-17H,3-4,8H2,(H,14,15). The van der Waals surface area contributed by atoms with Gasteiger partial charge in [0.05, 0.1) is 11.5 Å². The smallest absolute Gasteiger partial charge is 0.240 e. The van der Waals surface area contributed by atoms with Crippen LogP contribution < -0.4 is 4.72 Å². The van der Waals surface area contributed by atoms with Crippen molar-refractivity contribution in [2.45, 2.75) is 17.9 Å². The number of nitrogens with one attached hydrogen (secondary N) is 2. The van der Waals surface area contributed by atoms with Crippen molar-refractivity contribution in [1.82, 2.24) is 14.7 Å². The lowest BCUT2D eigenvalue weighted by atomic mass is 10.2. The third-order valence-electron chi connectivity index (χ3n) is 2.71. The summed E-state index contributed by atoms with van der Waals surface area (Å²) in [5, 5.41) is 8.94. The molecule has 0 atom stereocenters. The fourth-order valence-corrected chi connectivity index (χ4v) is 2.74. The summed E-state index contributed by atoms with van der Waals surface area (Å²) in [6.45, 7) is -0.386. The summed E-state index contributed by atoms with van der Waals surface area (Å²) in [4.78, 5) is 6.75. The maximum absolute atomic E-state index is 13.2. The Hall–Kier alpha value is -1.77. The molecule has 0 saturated carbocycles. The third kappa shape index (κ3) is 3.41. The molecule has 0 unspecified atom stereocenters. The van der Waals surface area contributed by atoms with Crippen LogP contribution in [0.1, 0.15) is 11.4 Å². The maximum Gasteiger partial charge on any atom is 0.240 e. The van der Waals surface area contributed by atoms with Crippen molar-refractivity contribution >= 4 is 10.0 Å². The van der Waals surface area contributed by atoms with Crippen LogP contribution >= 0.6 is 0 Å². The molecule has 0 bridgehead atoms. The molecule has 1 aromatic heterocycles. The normalized spacial score (nSPS) is 11.7. The number of aromatic amines is 1. The number of imidazole rings is 1. The van der Waals surface area contributed by atoms with Gasteiger partial charge in [0.1, 0.15) is 11.6 Å². The molecule has 20 heavy (non-hydrogen) atoms. The summed E-state index contributed by atoms with van der Waals surface area (Å²) in [7, 11) is -3.73. The Labute approximate surface area is 115 Å². The van der Waals surface area contributed by atoms with Crippen molar-refractivity contribution in [3.8, 4) is 0 Å². The Morgan fingerprint density at radius 3 is 2.85 bits per heavy atom. The average Bonchev–Trinajstić information content (AvgIpc) is 2.92. The van der Waals surface area contributed by atoms with Gasteiger partial charge in [0.2, 0.25) is 10.0 Å². The zero-order chi connectivity index (χ0) is 14.6. The molecule has 3 N–H and O–H groups in total. The number of aliphatic hydroxyl groups excluding tert-OH is 1. The van der Waals surface area contributed by atoms with E-state index in [0.717, 1.165) is 18.2 Å². The van der Waals surface area contributed by atoms with E-state index in [9.17, 15) is 12.8 Å². The molecule has 6 nitrogen and oxygen atoms in total. The summed E-state index contributed by atoms with van der Waals surface area (Å²) in [6, 6.07) is 3.29. The lowest BCUT2D eigenvalue weighted by Gasteiger charge is -2.07. The monoisotopic (exact) mass is 299 g/mol. The molecule has 2 aromatic rings. The van der Waals surface area contributed by atoms with Crippen LogP contribution in [-0.4, -0.2) is 30.0 Å². The minimum Gasteiger partial charge on any atom is -0.392 e.